The summed E-state index contributed by atoms with van der Waals surface area (Å²) in [5.74, 6) is -0.308. The van der Waals surface area contributed by atoms with E-state index in [9.17, 15) is 14.9 Å². The molecule has 0 saturated heterocycles. The molecule has 0 atom stereocenters. The molecule has 0 aliphatic carbocycles. The predicted octanol–water partition coefficient (Wildman–Crippen LogP) is 5.66. The molecule has 28 heavy (non-hydrogen) atoms. The van der Waals surface area contributed by atoms with E-state index in [2.05, 4.69) is 15.5 Å². The van der Waals surface area contributed by atoms with Crippen LogP contribution in [0.4, 0.5) is 22.7 Å². The summed E-state index contributed by atoms with van der Waals surface area (Å²) in [5.41, 5.74) is 2.75. The number of benzene rings is 3. The molecule has 0 aliphatic rings. The molecule has 3 rings (SSSR count). The summed E-state index contributed by atoms with van der Waals surface area (Å²) < 4.78 is 0. The van der Waals surface area contributed by atoms with Gasteiger partial charge in [0.25, 0.3) is 5.69 Å². The molecule has 0 saturated carbocycles. The molecule has 3 aromatic carbocycles. The number of nitro benzene ring substituents is 1. The van der Waals surface area contributed by atoms with Crippen LogP contribution in [-0.2, 0) is 4.79 Å². The molecule has 0 unspecified atom stereocenters. The van der Waals surface area contributed by atoms with Gasteiger partial charge in [-0.1, -0.05) is 18.2 Å². The van der Waals surface area contributed by atoms with Crippen molar-refractivity contribution in [1.29, 1.82) is 0 Å². The van der Waals surface area contributed by atoms with Crippen molar-refractivity contribution < 1.29 is 9.72 Å². The first-order valence-corrected chi connectivity index (χ1v) is 8.40. The average Bonchev–Trinajstić information content (AvgIpc) is 2.73. The van der Waals surface area contributed by atoms with Crippen molar-refractivity contribution >= 4 is 34.7 Å². The van der Waals surface area contributed by atoms with Crippen LogP contribution < -0.4 is 5.32 Å². The smallest absolute Gasteiger partial charge is 0.269 e. The number of carbonyl (C=O) groups is 1. The Morgan fingerprint density at radius 1 is 0.857 bits per heavy atom. The number of rotatable bonds is 6. The molecular weight excluding hydrogens is 356 g/mol. The van der Waals surface area contributed by atoms with Gasteiger partial charge >= 0.3 is 0 Å². The monoisotopic (exact) mass is 372 g/mol. The standard InChI is InChI=1S/C21H16N4O3/c26-21(15-8-16-6-13-20(14-7-16)25(27)28)22-17-9-11-19(12-10-17)24-23-18-4-2-1-3-5-18/h1-15H,(H,22,26). The quantitative estimate of drug-likeness (QED) is 0.261. The molecule has 1 amide bonds. The summed E-state index contributed by atoms with van der Waals surface area (Å²) in [6.07, 6.45) is 2.95. The van der Waals surface area contributed by atoms with Gasteiger partial charge in [0.05, 0.1) is 16.3 Å². The van der Waals surface area contributed by atoms with Crippen molar-refractivity contribution in [2.24, 2.45) is 10.2 Å². The molecule has 0 spiro atoms. The Morgan fingerprint density at radius 2 is 1.46 bits per heavy atom. The maximum Gasteiger partial charge on any atom is 0.269 e. The van der Waals surface area contributed by atoms with Crippen molar-refractivity contribution in [3.05, 3.63) is 101 Å². The molecule has 3 aromatic rings. The number of carbonyl (C=O) groups excluding carboxylic acids is 1. The van der Waals surface area contributed by atoms with E-state index in [1.807, 2.05) is 30.3 Å². The second-order valence-corrected chi connectivity index (χ2v) is 5.75. The largest absolute Gasteiger partial charge is 0.323 e. The van der Waals surface area contributed by atoms with Crippen molar-refractivity contribution in [1.82, 2.24) is 0 Å². The van der Waals surface area contributed by atoms with Crippen LogP contribution in [0.15, 0.2) is 95.2 Å². The number of nitrogens with one attached hydrogen (secondary N) is 1. The second kappa shape index (κ2) is 9.00. The zero-order chi connectivity index (χ0) is 19.8. The minimum Gasteiger partial charge on any atom is -0.323 e. The van der Waals surface area contributed by atoms with Gasteiger partial charge in [-0.2, -0.15) is 10.2 Å². The topological polar surface area (TPSA) is 97.0 Å². The summed E-state index contributed by atoms with van der Waals surface area (Å²) in [4.78, 5) is 22.2. The third-order valence-electron chi connectivity index (χ3n) is 3.70. The highest BCUT2D eigenvalue weighted by molar-refractivity contribution is 6.02. The van der Waals surface area contributed by atoms with Crippen molar-refractivity contribution in [2.45, 2.75) is 0 Å². The zero-order valence-corrected chi connectivity index (χ0v) is 14.7. The maximum absolute atomic E-state index is 12.0. The van der Waals surface area contributed by atoms with Gasteiger partial charge in [-0.15, -0.1) is 0 Å². The maximum atomic E-state index is 12.0. The highest BCUT2D eigenvalue weighted by Gasteiger charge is 2.03. The Balaban J connectivity index is 1.56. The highest BCUT2D eigenvalue weighted by atomic mass is 16.6. The number of non-ortho nitro benzene ring substituents is 1. The third-order valence-corrected chi connectivity index (χ3v) is 3.70. The summed E-state index contributed by atoms with van der Waals surface area (Å²) in [5, 5.41) is 21.6. The summed E-state index contributed by atoms with van der Waals surface area (Å²) in [6, 6.07) is 22.3. The lowest BCUT2D eigenvalue weighted by Gasteiger charge is -2.02. The summed E-state index contributed by atoms with van der Waals surface area (Å²) in [6.45, 7) is 0. The lowest BCUT2D eigenvalue weighted by molar-refractivity contribution is -0.384. The molecule has 1 N–H and O–H groups in total. The van der Waals surface area contributed by atoms with E-state index in [-0.39, 0.29) is 11.6 Å². The van der Waals surface area contributed by atoms with Gasteiger partial charge in [0.1, 0.15) is 0 Å². The van der Waals surface area contributed by atoms with E-state index in [0.717, 1.165) is 5.69 Å². The zero-order valence-electron chi connectivity index (χ0n) is 14.7. The molecule has 0 aliphatic heterocycles. The first kappa shape index (κ1) is 18.7. The predicted molar refractivity (Wildman–Crippen MR) is 108 cm³/mol. The van der Waals surface area contributed by atoms with Crippen molar-refractivity contribution in [2.75, 3.05) is 5.32 Å². The van der Waals surface area contributed by atoms with Crippen LogP contribution in [0.25, 0.3) is 6.08 Å². The lowest BCUT2D eigenvalue weighted by atomic mass is 10.2. The lowest BCUT2D eigenvalue weighted by Crippen LogP contribution is -2.07. The fourth-order valence-electron chi connectivity index (χ4n) is 2.28. The first-order valence-electron chi connectivity index (χ1n) is 8.40. The van der Waals surface area contributed by atoms with E-state index >= 15 is 0 Å². The highest BCUT2D eigenvalue weighted by Crippen LogP contribution is 2.20. The van der Waals surface area contributed by atoms with Crippen LogP contribution in [-0.4, -0.2) is 10.8 Å². The molecule has 0 bridgehead atoms. The Morgan fingerprint density at radius 3 is 2.07 bits per heavy atom. The fraction of sp³-hybridized carbons (Fsp3) is 0. The number of hydrogen-bond donors (Lipinski definition) is 1. The number of anilines is 1. The van der Waals surface area contributed by atoms with Gasteiger partial charge in [0.15, 0.2) is 0 Å². The Hall–Kier alpha value is -4.13. The number of hydrogen-bond acceptors (Lipinski definition) is 5. The Bertz CT molecular complexity index is 1010. The van der Waals surface area contributed by atoms with Crippen LogP contribution in [0.5, 0.6) is 0 Å². The van der Waals surface area contributed by atoms with Gasteiger partial charge in [0.2, 0.25) is 5.91 Å². The van der Waals surface area contributed by atoms with Crippen LogP contribution >= 0.6 is 0 Å². The van der Waals surface area contributed by atoms with Crippen LogP contribution in [0.1, 0.15) is 5.56 Å². The van der Waals surface area contributed by atoms with E-state index in [4.69, 9.17) is 0 Å². The molecule has 138 valence electrons. The third kappa shape index (κ3) is 5.43. The molecule has 0 fully saturated rings. The summed E-state index contributed by atoms with van der Waals surface area (Å²) >= 11 is 0. The van der Waals surface area contributed by atoms with Gasteiger partial charge in [-0.05, 0) is 60.2 Å². The number of nitrogens with zero attached hydrogens (tertiary/aromatic N) is 3. The minimum absolute atomic E-state index is 0.00565. The van der Waals surface area contributed by atoms with E-state index < -0.39 is 4.92 Å². The number of azo groups is 1. The minimum atomic E-state index is -0.469. The molecular formula is C21H16N4O3. The fourth-order valence-corrected chi connectivity index (χ4v) is 2.28. The first-order chi connectivity index (χ1) is 13.6. The van der Waals surface area contributed by atoms with E-state index in [1.54, 1.807) is 42.5 Å². The number of nitro groups is 1. The van der Waals surface area contributed by atoms with Crippen LogP contribution in [0.3, 0.4) is 0 Å². The molecule has 7 nitrogen and oxygen atoms in total. The van der Waals surface area contributed by atoms with Crippen molar-refractivity contribution in [3.8, 4) is 0 Å². The molecule has 0 aromatic heterocycles. The normalized spacial score (nSPS) is 11.0. The van der Waals surface area contributed by atoms with Crippen molar-refractivity contribution in [3.63, 3.8) is 0 Å². The SMILES string of the molecule is O=C(C=Cc1ccc([N+](=O)[O-])cc1)Nc1ccc(N=Nc2ccccc2)cc1. The molecule has 7 heteroatoms. The Kier molecular flexibility index (Phi) is 5.99. The average molecular weight is 372 g/mol. The molecule has 0 radical (unpaired) electrons. The van der Waals surface area contributed by atoms with E-state index in [1.165, 1.54) is 18.2 Å². The van der Waals surface area contributed by atoms with Gasteiger partial charge in [0, 0.05) is 23.9 Å². The number of amides is 1. The summed E-state index contributed by atoms with van der Waals surface area (Å²) in [7, 11) is 0. The van der Waals surface area contributed by atoms with Gasteiger partial charge in [-0.3, -0.25) is 14.9 Å². The van der Waals surface area contributed by atoms with Crippen LogP contribution in [0.2, 0.25) is 0 Å². The Labute approximate surface area is 161 Å². The van der Waals surface area contributed by atoms with E-state index in [0.29, 0.717) is 16.9 Å². The second-order valence-electron chi connectivity index (χ2n) is 5.75. The van der Waals surface area contributed by atoms with Crippen LogP contribution in [0, 0.1) is 10.1 Å². The molecule has 0 heterocycles. The van der Waals surface area contributed by atoms with Gasteiger partial charge < -0.3 is 5.32 Å². The van der Waals surface area contributed by atoms with Gasteiger partial charge in [-0.25, -0.2) is 0 Å².